The second-order valence-corrected chi connectivity index (χ2v) is 10.7. The fourth-order valence-corrected chi connectivity index (χ4v) is 5.85. The van der Waals surface area contributed by atoms with Crippen molar-refractivity contribution in [1.29, 1.82) is 0 Å². The molecule has 2 aliphatic rings. The van der Waals surface area contributed by atoms with Crippen molar-refractivity contribution >= 4 is 46.4 Å². The highest BCUT2D eigenvalue weighted by molar-refractivity contribution is 6.01. The van der Waals surface area contributed by atoms with Gasteiger partial charge in [0, 0.05) is 33.2 Å². The average molecular weight is 555 g/mol. The summed E-state index contributed by atoms with van der Waals surface area (Å²) in [5.41, 5.74) is 13.5. The highest BCUT2D eigenvalue weighted by Gasteiger charge is 2.17. The standard InChI is InChI=1S/C38H26N4O/c43-31-16-11-24(12-17-31)32-23-30-22-28-14-13-27(39-28)21-29-15-18-33(40-29)36(25-7-3-1-4-8-25)34-19-20-35(42-34)37(38(32)41-30)26-9-5-2-6-10-26/h1-23,40-41,43H. The largest absolute Gasteiger partial charge is 0.508 e. The van der Waals surface area contributed by atoms with E-state index in [0.29, 0.717) is 0 Å². The lowest BCUT2D eigenvalue weighted by Crippen LogP contribution is -1.88. The molecule has 0 radical (unpaired) electrons. The maximum Gasteiger partial charge on any atom is 0.115 e. The van der Waals surface area contributed by atoms with Gasteiger partial charge in [0.15, 0.2) is 0 Å². The van der Waals surface area contributed by atoms with E-state index in [1.807, 2.05) is 36.4 Å². The molecule has 0 aliphatic carbocycles. The number of rotatable bonds is 3. The molecule has 2 aliphatic heterocycles. The molecule has 0 saturated carbocycles. The van der Waals surface area contributed by atoms with E-state index in [2.05, 4.69) is 101 Å². The van der Waals surface area contributed by atoms with Crippen LogP contribution in [0, 0.1) is 0 Å². The maximum absolute atomic E-state index is 10.0. The molecule has 5 heterocycles. The van der Waals surface area contributed by atoms with Gasteiger partial charge in [0.2, 0.25) is 0 Å². The van der Waals surface area contributed by atoms with Crippen molar-refractivity contribution < 1.29 is 5.11 Å². The van der Waals surface area contributed by atoms with Gasteiger partial charge in [0.25, 0.3) is 0 Å². The fourth-order valence-electron chi connectivity index (χ4n) is 5.85. The third-order valence-corrected chi connectivity index (χ3v) is 7.81. The molecule has 0 spiro atoms. The maximum atomic E-state index is 10.0. The Morgan fingerprint density at radius 1 is 0.488 bits per heavy atom. The van der Waals surface area contributed by atoms with Gasteiger partial charge < -0.3 is 15.1 Å². The van der Waals surface area contributed by atoms with Crippen molar-refractivity contribution in [3.8, 4) is 39.1 Å². The molecular formula is C38H26N4O. The van der Waals surface area contributed by atoms with Crippen LogP contribution in [-0.2, 0) is 0 Å². The predicted octanol–water partition coefficient (Wildman–Crippen LogP) is 9.36. The lowest BCUT2D eigenvalue weighted by molar-refractivity contribution is 0.475. The summed E-state index contributed by atoms with van der Waals surface area (Å²) in [6.45, 7) is 0. The van der Waals surface area contributed by atoms with Crippen LogP contribution in [0.1, 0.15) is 22.8 Å². The van der Waals surface area contributed by atoms with Crippen LogP contribution < -0.4 is 0 Å². The first-order chi connectivity index (χ1) is 21.2. The van der Waals surface area contributed by atoms with Crippen LogP contribution in [0.25, 0.3) is 79.8 Å². The minimum Gasteiger partial charge on any atom is -0.508 e. The number of fused-ring (bicyclic) bond motifs is 8. The molecule has 0 unspecified atom stereocenters. The number of aromatic nitrogens is 4. The Hall–Kier alpha value is -5.94. The molecule has 0 amide bonds. The SMILES string of the molecule is Oc1ccc(-c2cc3cc4nc(cc5ccc([nH]5)c(-c5ccccc5)c5nc(c(-c6ccccc6)c2[nH]3)C=C5)C=C4)cc1. The summed E-state index contributed by atoms with van der Waals surface area (Å²) in [4.78, 5) is 17.5. The zero-order valence-corrected chi connectivity index (χ0v) is 23.1. The summed E-state index contributed by atoms with van der Waals surface area (Å²) >= 11 is 0. The number of H-pyrrole nitrogens is 2. The zero-order valence-electron chi connectivity index (χ0n) is 23.1. The smallest absolute Gasteiger partial charge is 0.115 e. The molecule has 6 aromatic rings. The van der Waals surface area contributed by atoms with E-state index in [0.717, 1.165) is 78.2 Å². The van der Waals surface area contributed by atoms with E-state index in [1.54, 1.807) is 12.1 Å². The molecule has 3 aromatic carbocycles. The third kappa shape index (κ3) is 4.63. The number of aromatic hydroxyl groups is 1. The van der Waals surface area contributed by atoms with Gasteiger partial charge in [-0.05, 0) is 83.5 Å². The van der Waals surface area contributed by atoms with E-state index >= 15 is 0 Å². The van der Waals surface area contributed by atoms with Gasteiger partial charge in [-0.25, -0.2) is 9.97 Å². The number of nitrogens with one attached hydrogen (secondary N) is 2. The highest BCUT2D eigenvalue weighted by atomic mass is 16.3. The number of nitrogens with zero attached hydrogens (tertiary/aromatic N) is 2. The first-order valence-electron chi connectivity index (χ1n) is 14.2. The van der Waals surface area contributed by atoms with Gasteiger partial charge >= 0.3 is 0 Å². The Morgan fingerprint density at radius 2 is 1.12 bits per heavy atom. The van der Waals surface area contributed by atoms with E-state index in [1.165, 1.54) is 0 Å². The molecule has 0 fully saturated rings. The molecular weight excluding hydrogens is 528 g/mol. The lowest BCUT2D eigenvalue weighted by atomic mass is 9.99. The van der Waals surface area contributed by atoms with E-state index < -0.39 is 0 Å². The Labute approximate surface area is 248 Å². The molecule has 43 heavy (non-hydrogen) atoms. The molecule has 0 saturated heterocycles. The van der Waals surface area contributed by atoms with Crippen LogP contribution in [0.3, 0.4) is 0 Å². The Balaban J connectivity index is 1.56. The van der Waals surface area contributed by atoms with E-state index in [4.69, 9.17) is 9.97 Å². The Bertz CT molecular complexity index is 2220. The Kier molecular flexibility index (Phi) is 5.86. The average Bonchev–Trinajstić information content (AvgIpc) is 3.85. The summed E-state index contributed by atoms with van der Waals surface area (Å²) in [7, 11) is 0. The second kappa shape index (κ2) is 10.2. The number of benzene rings is 3. The fraction of sp³-hybridized carbons (Fsp3) is 0. The van der Waals surface area contributed by atoms with Crippen molar-refractivity contribution in [2.24, 2.45) is 0 Å². The topological polar surface area (TPSA) is 77.6 Å². The highest BCUT2D eigenvalue weighted by Crippen LogP contribution is 2.38. The molecule has 204 valence electrons. The second-order valence-electron chi connectivity index (χ2n) is 10.7. The van der Waals surface area contributed by atoms with E-state index in [9.17, 15) is 5.11 Å². The van der Waals surface area contributed by atoms with Gasteiger partial charge in [0.05, 0.1) is 28.3 Å². The van der Waals surface area contributed by atoms with Crippen LogP contribution in [0.5, 0.6) is 5.75 Å². The summed E-state index contributed by atoms with van der Waals surface area (Å²) in [5, 5.41) is 10.0. The third-order valence-electron chi connectivity index (χ3n) is 7.81. The van der Waals surface area contributed by atoms with Gasteiger partial charge in [-0.15, -0.1) is 0 Å². The summed E-state index contributed by atoms with van der Waals surface area (Å²) in [6.07, 6.45) is 8.26. The normalized spacial score (nSPS) is 12.1. The van der Waals surface area contributed by atoms with Crippen LogP contribution in [0.15, 0.2) is 115 Å². The van der Waals surface area contributed by atoms with Crippen molar-refractivity contribution in [2.45, 2.75) is 0 Å². The first kappa shape index (κ1) is 24.8. The van der Waals surface area contributed by atoms with Crippen LogP contribution in [0.2, 0.25) is 0 Å². The minimum absolute atomic E-state index is 0.230. The molecule has 3 N–H and O–H groups in total. The zero-order chi connectivity index (χ0) is 28.8. The number of phenols is 1. The number of phenolic OH excluding ortho intramolecular Hbond substituents is 1. The lowest BCUT2D eigenvalue weighted by Gasteiger charge is -2.07. The van der Waals surface area contributed by atoms with Gasteiger partial charge in [-0.3, -0.25) is 0 Å². The molecule has 5 heteroatoms. The molecule has 8 bridgehead atoms. The van der Waals surface area contributed by atoms with Crippen molar-refractivity contribution in [3.05, 3.63) is 138 Å². The summed E-state index contributed by atoms with van der Waals surface area (Å²) in [5.74, 6) is 0.230. The number of hydrogen-bond acceptors (Lipinski definition) is 3. The number of aromatic amines is 2. The molecule has 3 aromatic heterocycles. The quantitative estimate of drug-likeness (QED) is 0.204. The number of hydrogen-bond donors (Lipinski definition) is 3. The molecule has 8 rings (SSSR count). The van der Waals surface area contributed by atoms with Crippen molar-refractivity contribution in [1.82, 2.24) is 19.9 Å². The minimum atomic E-state index is 0.230. The van der Waals surface area contributed by atoms with Crippen molar-refractivity contribution in [2.75, 3.05) is 0 Å². The van der Waals surface area contributed by atoms with Gasteiger partial charge in [-0.2, -0.15) is 0 Å². The monoisotopic (exact) mass is 554 g/mol. The Morgan fingerprint density at radius 3 is 1.81 bits per heavy atom. The van der Waals surface area contributed by atoms with Gasteiger partial charge in [-0.1, -0.05) is 72.8 Å². The van der Waals surface area contributed by atoms with Crippen LogP contribution in [0.4, 0.5) is 0 Å². The summed E-state index contributed by atoms with van der Waals surface area (Å²) in [6, 6.07) is 38.5. The first-order valence-corrected chi connectivity index (χ1v) is 14.2. The van der Waals surface area contributed by atoms with E-state index in [-0.39, 0.29) is 5.75 Å². The molecule has 0 atom stereocenters. The molecule has 5 nitrogen and oxygen atoms in total. The predicted molar refractivity (Wildman–Crippen MR) is 177 cm³/mol. The van der Waals surface area contributed by atoms with Gasteiger partial charge in [0.1, 0.15) is 5.75 Å². The van der Waals surface area contributed by atoms with Crippen molar-refractivity contribution in [3.63, 3.8) is 0 Å². The summed E-state index contributed by atoms with van der Waals surface area (Å²) < 4.78 is 0. The van der Waals surface area contributed by atoms with Crippen LogP contribution in [-0.4, -0.2) is 25.0 Å². The van der Waals surface area contributed by atoms with Crippen LogP contribution >= 0.6 is 0 Å².